The third-order valence-corrected chi connectivity index (χ3v) is 4.34. The number of esters is 1. The average molecular weight is 333 g/mol. The average Bonchev–Trinajstić information content (AvgIpc) is 3.39. The smallest absolute Gasteiger partial charge is 0.355 e. The summed E-state index contributed by atoms with van der Waals surface area (Å²) in [4.78, 5) is 15.2. The SMILES string of the molecule is COC(=O)c1[nH]c2cc(-c3ccc(F)cc3)ccc2c1C#CC1CC1. The predicted molar refractivity (Wildman–Crippen MR) is 94.6 cm³/mol. The topological polar surface area (TPSA) is 42.1 Å². The van der Waals surface area contributed by atoms with Gasteiger partial charge in [-0.2, -0.15) is 0 Å². The molecular weight excluding hydrogens is 317 g/mol. The van der Waals surface area contributed by atoms with Crippen LogP contribution < -0.4 is 0 Å². The van der Waals surface area contributed by atoms with Crippen LogP contribution in [0.25, 0.3) is 22.0 Å². The highest BCUT2D eigenvalue weighted by Crippen LogP contribution is 2.30. The lowest BCUT2D eigenvalue weighted by Gasteiger charge is -2.02. The second kappa shape index (κ2) is 6.10. The first-order chi connectivity index (χ1) is 12.2. The van der Waals surface area contributed by atoms with Crippen molar-refractivity contribution in [3.05, 3.63) is 59.5 Å². The Morgan fingerprint density at radius 2 is 1.88 bits per heavy atom. The molecule has 0 saturated heterocycles. The Kier molecular flexibility index (Phi) is 3.77. The summed E-state index contributed by atoms with van der Waals surface area (Å²) in [6, 6.07) is 12.2. The van der Waals surface area contributed by atoms with Crippen molar-refractivity contribution in [3.8, 4) is 23.0 Å². The van der Waals surface area contributed by atoms with E-state index >= 15 is 0 Å². The van der Waals surface area contributed by atoms with Crippen LogP contribution in [0.1, 0.15) is 28.9 Å². The number of aromatic amines is 1. The van der Waals surface area contributed by atoms with Gasteiger partial charge < -0.3 is 9.72 Å². The normalized spacial score (nSPS) is 13.4. The molecule has 3 nitrogen and oxygen atoms in total. The van der Waals surface area contributed by atoms with Crippen LogP contribution in [0, 0.1) is 23.6 Å². The van der Waals surface area contributed by atoms with Gasteiger partial charge >= 0.3 is 5.97 Å². The van der Waals surface area contributed by atoms with Crippen molar-refractivity contribution < 1.29 is 13.9 Å². The zero-order valence-electron chi connectivity index (χ0n) is 13.7. The van der Waals surface area contributed by atoms with E-state index in [2.05, 4.69) is 16.8 Å². The second-order valence-electron chi connectivity index (χ2n) is 6.18. The van der Waals surface area contributed by atoms with Gasteiger partial charge in [0.1, 0.15) is 11.5 Å². The van der Waals surface area contributed by atoms with Crippen molar-refractivity contribution in [2.24, 2.45) is 5.92 Å². The summed E-state index contributed by atoms with van der Waals surface area (Å²) in [6.07, 6.45) is 2.25. The van der Waals surface area contributed by atoms with E-state index in [0.29, 0.717) is 17.2 Å². The zero-order valence-corrected chi connectivity index (χ0v) is 13.7. The summed E-state index contributed by atoms with van der Waals surface area (Å²) in [5.74, 6) is 6.09. The Balaban J connectivity index is 1.84. The lowest BCUT2D eigenvalue weighted by Crippen LogP contribution is -2.03. The molecule has 4 heteroatoms. The zero-order chi connectivity index (χ0) is 17.4. The Hall–Kier alpha value is -3.06. The van der Waals surface area contributed by atoms with Crippen LogP contribution in [0.5, 0.6) is 0 Å². The number of hydrogen-bond donors (Lipinski definition) is 1. The number of aromatic nitrogens is 1. The molecule has 1 saturated carbocycles. The third kappa shape index (κ3) is 3.01. The molecule has 1 aliphatic rings. The van der Waals surface area contributed by atoms with Crippen molar-refractivity contribution in [2.45, 2.75) is 12.8 Å². The number of hydrogen-bond acceptors (Lipinski definition) is 2. The summed E-state index contributed by atoms with van der Waals surface area (Å²) in [5.41, 5.74) is 3.71. The molecule has 2 aromatic carbocycles. The molecule has 1 fully saturated rings. The maximum atomic E-state index is 13.1. The maximum absolute atomic E-state index is 13.1. The number of fused-ring (bicyclic) bond motifs is 1. The molecule has 0 bridgehead atoms. The number of H-pyrrole nitrogens is 1. The van der Waals surface area contributed by atoms with Gasteiger partial charge in [0.05, 0.1) is 12.7 Å². The largest absolute Gasteiger partial charge is 0.464 e. The molecule has 0 amide bonds. The monoisotopic (exact) mass is 333 g/mol. The molecule has 1 heterocycles. The molecule has 1 aromatic heterocycles. The first-order valence-corrected chi connectivity index (χ1v) is 8.17. The highest BCUT2D eigenvalue weighted by atomic mass is 19.1. The molecule has 0 aliphatic heterocycles. The number of benzene rings is 2. The number of carbonyl (C=O) groups is 1. The van der Waals surface area contributed by atoms with Gasteiger partial charge in [0.15, 0.2) is 0 Å². The van der Waals surface area contributed by atoms with E-state index in [1.807, 2.05) is 18.2 Å². The first-order valence-electron chi connectivity index (χ1n) is 8.17. The van der Waals surface area contributed by atoms with E-state index < -0.39 is 5.97 Å². The summed E-state index contributed by atoms with van der Waals surface area (Å²) >= 11 is 0. The number of methoxy groups -OCH3 is 1. The molecule has 1 N–H and O–H groups in total. The Bertz CT molecular complexity index is 1020. The molecule has 0 unspecified atom stereocenters. The van der Waals surface area contributed by atoms with Gasteiger partial charge in [-0.15, -0.1) is 0 Å². The van der Waals surface area contributed by atoms with Gasteiger partial charge in [-0.25, -0.2) is 9.18 Å². The number of nitrogens with one attached hydrogen (secondary N) is 1. The molecule has 124 valence electrons. The van der Waals surface area contributed by atoms with Crippen LogP contribution in [0.3, 0.4) is 0 Å². The summed E-state index contributed by atoms with van der Waals surface area (Å²) < 4.78 is 18.0. The minimum absolute atomic E-state index is 0.268. The molecule has 1 aliphatic carbocycles. The maximum Gasteiger partial charge on any atom is 0.355 e. The fraction of sp³-hybridized carbons (Fsp3) is 0.190. The summed E-state index contributed by atoms with van der Waals surface area (Å²) in [7, 11) is 1.36. The molecule has 3 aromatic rings. The van der Waals surface area contributed by atoms with Crippen LogP contribution in [0.2, 0.25) is 0 Å². The Morgan fingerprint density at radius 1 is 1.16 bits per heavy atom. The number of ether oxygens (including phenoxy) is 1. The molecule has 4 rings (SSSR count). The highest BCUT2D eigenvalue weighted by molar-refractivity contribution is 6.01. The van der Waals surface area contributed by atoms with Crippen LogP contribution in [0.4, 0.5) is 4.39 Å². The van der Waals surface area contributed by atoms with Crippen molar-refractivity contribution in [1.29, 1.82) is 0 Å². The van der Waals surface area contributed by atoms with Gasteiger partial charge in [0.25, 0.3) is 0 Å². The summed E-state index contributed by atoms with van der Waals surface area (Å²) in [6.45, 7) is 0. The predicted octanol–water partition coefficient (Wildman–Crippen LogP) is 4.52. The quantitative estimate of drug-likeness (QED) is 0.553. The molecule has 0 atom stereocenters. The second-order valence-corrected chi connectivity index (χ2v) is 6.18. The first kappa shape index (κ1) is 15.5. The Morgan fingerprint density at radius 3 is 2.56 bits per heavy atom. The van der Waals surface area contributed by atoms with Crippen LogP contribution >= 0.6 is 0 Å². The van der Waals surface area contributed by atoms with Crippen LogP contribution in [-0.2, 0) is 4.74 Å². The number of rotatable bonds is 2. The van der Waals surface area contributed by atoms with Crippen molar-refractivity contribution in [2.75, 3.05) is 7.11 Å². The third-order valence-electron chi connectivity index (χ3n) is 4.34. The fourth-order valence-electron chi connectivity index (χ4n) is 2.81. The highest BCUT2D eigenvalue weighted by Gasteiger charge is 2.20. The van der Waals surface area contributed by atoms with Gasteiger partial charge in [-0.3, -0.25) is 0 Å². The van der Waals surface area contributed by atoms with Crippen molar-refractivity contribution in [1.82, 2.24) is 4.98 Å². The van der Waals surface area contributed by atoms with Gasteiger partial charge in [0, 0.05) is 16.8 Å². The summed E-state index contributed by atoms with van der Waals surface area (Å²) in [5, 5.41) is 0.888. The van der Waals surface area contributed by atoms with E-state index in [-0.39, 0.29) is 5.82 Å². The molecule has 25 heavy (non-hydrogen) atoms. The van der Waals surface area contributed by atoms with Gasteiger partial charge in [-0.05, 0) is 42.2 Å². The van der Waals surface area contributed by atoms with E-state index in [1.54, 1.807) is 12.1 Å². The van der Waals surface area contributed by atoms with E-state index in [1.165, 1.54) is 19.2 Å². The Labute approximate surface area is 144 Å². The van der Waals surface area contributed by atoms with Crippen molar-refractivity contribution >= 4 is 16.9 Å². The minimum atomic E-state index is -0.431. The number of carbonyl (C=O) groups excluding carboxylic acids is 1. The lowest BCUT2D eigenvalue weighted by molar-refractivity contribution is 0.0595. The minimum Gasteiger partial charge on any atom is -0.464 e. The lowest BCUT2D eigenvalue weighted by atomic mass is 10.0. The van der Waals surface area contributed by atoms with Crippen LogP contribution in [0.15, 0.2) is 42.5 Å². The number of halogens is 1. The van der Waals surface area contributed by atoms with Gasteiger partial charge in [0.2, 0.25) is 0 Å². The fourth-order valence-corrected chi connectivity index (χ4v) is 2.81. The molecule has 0 spiro atoms. The van der Waals surface area contributed by atoms with E-state index in [0.717, 1.165) is 34.9 Å². The molecular formula is C21H16FNO2. The van der Waals surface area contributed by atoms with Crippen LogP contribution in [-0.4, -0.2) is 18.1 Å². The standard InChI is InChI=1S/C21H16FNO2/c1-25-21(24)20-18(10-4-13-2-3-13)17-11-7-15(12-19(17)23-20)14-5-8-16(22)9-6-14/h5-9,11-13,23H,2-3H2,1H3. The van der Waals surface area contributed by atoms with E-state index in [9.17, 15) is 9.18 Å². The van der Waals surface area contributed by atoms with Gasteiger partial charge in [-0.1, -0.05) is 36.1 Å². The van der Waals surface area contributed by atoms with E-state index in [4.69, 9.17) is 4.74 Å². The van der Waals surface area contributed by atoms with Crippen molar-refractivity contribution in [3.63, 3.8) is 0 Å². The molecule has 0 radical (unpaired) electrons.